The minimum atomic E-state index is -3.67. The number of fused-ring (bicyclic) bond motifs is 5. The summed E-state index contributed by atoms with van der Waals surface area (Å²) < 4.78 is 25.9. The van der Waals surface area contributed by atoms with Crippen LogP contribution in [-0.2, 0) is 14.6 Å². The lowest BCUT2D eigenvalue weighted by Gasteiger charge is -2.62. The van der Waals surface area contributed by atoms with E-state index in [2.05, 4.69) is 26.1 Å². The molecule has 0 spiro atoms. The second-order valence-corrected chi connectivity index (χ2v) is 17.0. The van der Waals surface area contributed by atoms with Crippen LogP contribution in [0.1, 0.15) is 85.0 Å². The van der Waals surface area contributed by atoms with Crippen molar-refractivity contribution in [3.63, 3.8) is 0 Å². The molecule has 5 N–H and O–H groups in total. The number of nitrogens with one attached hydrogen (secondary N) is 1. The molecule has 8 heteroatoms. The Morgan fingerprint density at radius 2 is 1.59 bits per heavy atom. The average Bonchev–Trinajstić information content (AvgIpc) is 3.36. The van der Waals surface area contributed by atoms with Crippen LogP contribution in [0, 0.1) is 46.3 Å². The number of rotatable bonds is 7. The fourth-order valence-electron chi connectivity index (χ4n) is 10.4. The van der Waals surface area contributed by atoms with Gasteiger partial charge >= 0.3 is 0 Å². The van der Waals surface area contributed by atoms with Gasteiger partial charge in [-0.25, -0.2) is 8.42 Å². The molecule has 0 aromatic heterocycles. The van der Waals surface area contributed by atoms with E-state index in [9.17, 15) is 23.4 Å². The largest absolute Gasteiger partial charge is 0.399 e. The van der Waals surface area contributed by atoms with E-state index < -0.39 is 9.84 Å². The highest BCUT2D eigenvalue weighted by Crippen LogP contribution is 2.68. The standard InChI is InChI=1S/C36H50N2O5S/c1-22(4-17-34(41)38-25-8-12-28(13-9-25)44(42,43)27-10-6-24(37)7-11-27)30-15-16-31-29-14-5-23-20-26(39)18-19-35(23,2)32(29)21-33(40)36(30,31)3/h6-13,22-23,26,29-33,39-40H,4-5,14-21,37H2,1-3H3,(H,38,41)/t22-,23-,26-,29-,30+,31-,32-,33-,35-,36+/m0/s1. The van der Waals surface area contributed by atoms with Crippen LogP contribution < -0.4 is 11.1 Å². The van der Waals surface area contributed by atoms with Crippen molar-refractivity contribution in [2.75, 3.05) is 11.1 Å². The maximum absolute atomic E-state index is 13.0. The number of amides is 1. The van der Waals surface area contributed by atoms with Gasteiger partial charge in [-0.1, -0.05) is 20.8 Å². The van der Waals surface area contributed by atoms with Crippen LogP contribution in [0.3, 0.4) is 0 Å². The second-order valence-electron chi connectivity index (χ2n) is 15.0. The maximum Gasteiger partial charge on any atom is 0.224 e. The van der Waals surface area contributed by atoms with Crippen LogP contribution in [0.4, 0.5) is 11.4 Å². The molecule has 4 fully saturated rings. The molecule has 44 heavy (non-hydrogen) atoms. The molecule has 4 saturated carbocycles. The summed E-state index contributed by atoms with van der Waals surface area (Å²) in [6, 6.07) is 12.4. The van der Waals surface area contributed by atoms with E-state index in [-0.39, 0.29) is 38.7 Å². The number of hydrogen-bond donors (Lipinski definition) is 4. The molecule has 7 nitrogen and oxygen atoms in total. The minimum absolute atomic E-state index is 0.0827. The van der Waals surface area contributed by atoms with E-state index in [0.717, 1.165) is 44.9 Å². The van der Waals surface area contributed by atoms with Crippen LogP contribution in [0.5, 0.6) is 0 Å². The summed E-state index contributed by atoms with van der Waals surface area (Å²) in [6.07, 6.45) is 9.08. The molecule has 10 atom stereocenters. The first-order valence-corrected chi connectivity index (χ1v) is 18.2. The number of benzene rings is 2. The molecule has 0 aliphatic heterocycles. The van der Waals surface area contributed by atoms with Gasteiger partial charge in [0, 0.05) is 17.8 Å². The van der Waals surface area contributed by atoms with Gasteiger partial charge in [0.25, 0.3) is 0 Å². The Bertz CT molecular complexity index is 1460. The van der Waals surface area contributed by atoms with E-state index in [4.69, 9.17) is 5.73 Å². The van der Waals surface area contributed by atoms with E-state index in [1.54, 1.807) is 24.3 Å². The molecular weight excluding hydrogens is 572 g/mol. The molecule has 4 aliphatic carbocycles. The molecule has 0 saturated heterocycles. The number of carbonyl (C=O) groups excluding carboxylic acids is 1. The average molecular weight is 623 g/mol. The lowest BCUT2D eigenvalue weighted by molar-refractivity contribution is -0.174. The van der Waals surface area contributed by atoms with Crippen LogP contribution in [-0.4, -0.2) is 36.7 Å². The Morgan fingerprint density at radius 3 is 2.27 bits per heavy atom. The molecule has 0 heterocycles. The Kier molecular flexibility index (Phi) is 8.42. The first-order valence-electron chi connectivity index (χ1n) is 16.7. The molecule has 1 amide bonds. The monoisotopic (exact) mass is 622 g/mol. The van der Waals surface area contributed by atoms with E-state index >= 15 is 0 Å². The zero-order valence-electron chi connectivity index (χ0n) is 26.4. The Morgan fingerprint density at radius 1 is 0.932 bits per heavy atom. The summed E-state index contributed by atoms with van der Waals surface area (Å²) in [5.41, 5.74) is 6.86. The van der Waals surface area contributed by atoms with Crippen LogP contribution in [0.25, 0.3) is 0 Å². The summed E-state index contributed by atoms with van der Waals surface area (Å²) in [7, 11) is -3.67. The predicted octanol–water partition coefficient (Wildman–Crippen LogP) is 6.45. The van der Waals surface area contributed by atoms with Crippen molar-refractivity contribution in [1.29, 1.82) is 0 Å². The summed E-state index contributed by atoms with van der Waals surface area (Å²) in [4.78, 5) is 13.3. The first kappa shape index (κ1) is 31.6. The first-order chi connectivity index (χ1) is 20.8. The van der Waals surface area contributed by atoms with Crippen molar-refractivity contribution in [2.45, 2.75) is 107 Å². The Balaban J connectivity index is 1.06. The maximum atomic E-state index is 13.0. The molecule has 240 valence electrons. The second kappa shape index (κ2) is 11.7. The molecule has 0 unspecified atom stereocenters. The third-order valence-corrected chi connectivity index (χ3v) is 14.8. The molecule has 4 aliphatic rings. The van der Waals surface area contributed by atoms with E-state index in [0.29, 0.717) is 53.3 Å². The lowest BCUT2D eigenvalue weighted by atomic mass is 9.43. The van der Waals surface area contributed by atoms with Gasteiger partial charge in [0.1, 0.15) is 0 Å². The highest BCUT2D eigenvalue weighted by Gasteiger charge is 2.63. The molecule has 6 rings (SSSR count). The number of aliphatic hydroxyl groups is 2. The zero-order chi connectivity index (χ0) is 31.4. The zero-order valence-corrected chi connectivity index (χ0v) is 27.2. The van der Waals surface area contributed by atoms with Crippen molar-refractivity contribution >= 4 is 27.1 Å². The van der Waals surface area contributed by atoms with Crippen molar-refractivity contribution in [3.8, 4) is 0 Å². The fourth-order valence-corrected chi connectivity index (χ4v) is 11.7. The molecule has 2 aromatic carbocycles. The van der Waals surface area contributed by atoms with Crippen LogP contribution >= 0.6 is 0 Å². The number of hydrogen-bond acceptors (Lipinski definition) is 6. The highest BCUT2D eigenvalue weighted by molar-refractivity contribution is 7.91. The van der Waals surface area contributed by atoms with Gasteiger partial charge in [-0.3, -0.25) is 4.79 Å². The van der Waals surface area contributed by atoms with Crippen molar-refractivity contribution in [3.05, 3.63) is 48.5 Å². The van der Waals surface area contributed by atoms with E-state index in [1.165, 1.54) is 37.1 Å². The van der Waals surface area contributed by atoms with Gasteiger partial charge in [0.05, 0.1) is 22.0 Å². The normalized spacial score (nSPS) is 37.3. The van der Waals surface area contributed by atoms with Crippen LogP contribution in [0.2, 0.25) is 0 Å². The van der Waals surface area contributed by atoms with Crippen molar-refractivity contribution in [2.24, 2.45) is 46.3 Å². The number of nitrogens with two attached hydrogens (primary N) is 1. The van der Waals surface area contributed by atoms with Gasteiger partial charge in [-0.2, -0.15) is 0 Å². The highest BCUT2D eigenvalue weighted by atomic mass is 32.2. The summed E-state index contributed by atoms with van der Waals surface area (Å²) >= 11 is 0. The lowest BCUT2D eigenvalue weighted by Crippen LogP contribution is -2.58. The van der Waals surface area contributed by atoms with Gasteiger partial charge in [0.2, 0.25) is 15.7 Å². The van der Waals surface area contributed by atoms with Crippen molar-refractivity contribution in [1.82, 2.24) is 0 Å². The molecule has 0 radical (unpaired) electrons. The van der Waals surface area contributed by atoms with Gasteiger partial charge in [-0.05, 0) is 153 Å². The number of carbonyl (C=O) groups is 1. The smallest absolute Gasteiger partial charge is 0.224 e. The number of aliphatic hydroxyl groups excluding tert-OH is 2. The fraction of sp³-hybridized carbons (Fsp3) is 0.639. The molecule has 2 aromatic rings. The van der Waals surface area contributed by atoms with E-state index in [1.807, 2.05) is 0 Å². The summed E-state index contributed by atoms with van der Waals surface area (Å²) in [5.74, 6) is 2.88. The van der Waals surface area contributed by atoms with Crippen molar-refractivity contribution < 1.29 is 23.4 Å². The third kappa shape index (κ3) is 5.39. The number of nitrogen functional groups attached to an aromatic ring is 1. The van der Waals surface area contributed by atoms with Gasteiger partial charge in [0.15, 0.2) is 0 Å². The summed E-state index contributed by atoms with van der Waals surface area (Å²) in [6.45, 7) is 7.05. The van der Waals surface area contributed by atoms with Crippen LogP contribution in [0.15, 0.2) is 58.3 Å². The Labute approximate surface area is 262 Å². The predicted molar refractivity (Wildman–Crippen MR) is 172 cm³/mol. The number of sulfone groups is 1. The molecular formula is C36H50N2O5S. The topological polar surface area (TPSA) is 130 Å². The minimum Gasteiger partial charge on any atom is -0.399 e. The summed E-state index contributed by atoms with van der Waals surface area (Å²) in [5, 5.41) is 25.1. The van der Waals surface area contributed by atoms with Gasteiger partial charge in [-0.15, -0.1) is 0 Å². The Hall–Kier alpha value is -2.42. The quantitative estimate of drug-likeness (QED) is 0.263. The SMILES string of the molecule is C[C@@H](CCC(=O)Nc1ccc(S(=O)(=O)c2ccc(N)cc2)cc1)[C@H]1CC[C@H]2[C@@H]3CC[C@H]4C[C@@H](O)CC[C@]4(C)[C@H]3C[C@H](O)[C@]12C. The third-order valence-electron chi connectivity index (χ3n) is 13.0. The van der Waals surface area contributed by atoms with Gasteiger partial charge < -0.3 is 21.3 Å². The molecule has 0 bridgehead atoms. The number of anilines is 2.